The average Bonchev–Trinajstić information content (AvgIpc) is 2.15. The van der Waals surface area contributed by atoms with Crippen molar-refractivity contribution in [3.63, 3.8) is 0 Å². The fourth-order valence-electron chi connectivity index (χ4n) is 0.555. The van der Waals surface area contributed by atoms with Crippen molar-refractivity contribution >= 4 is 5.97 Å². The van der Waals surface area contributed by atoms with E-state index in [4.69, 9.17) is 4.42 Å². The van der Waals surface area contributed by atoms with Gasteiger partial charge in [-0.3, -0.25) is 0 Å². The van der Waals surface area contributed by atoms with Crippen molar-refractivity contribution in [2.24, 2.45) is 0 Å². The molecule has 0 aromatic carbocycles. The summed E-state index contributed by atoms with van der Waals surface area (Å²) in [5.74, 6) is -0.694. The van der Waals surface area contributed by atoms with Gasteiger partial charge in [0, 0.05) is 0 Å². The molecule has 3 heteroatoms. The van der Waals surface area contributed by atoms with Gasteiger partial charge in [-0.05, 0) is 12.1 Å². The van der Waals surface area contributed by atoms with Crippen molar-refractivity contribution < 1.29 is 14.3 Å². The molecular formula is C6H5O3. The van der Waals surface area contributed by atoms with Crippen molar-refractivity contribution in [1.82, 2.24) is 0 Å². The number of carbonyl (C=O) groups excluding carboxylic acids is 1. The Bertz CT molecular complexity index is 188. The van der Waals surface area contributed by atoms with Crippen LogP contribution in [0.5, 0.6) is 0 Å². The molecule has 9 heavy (non-hydrogen) atoms. The van der Waals surface area contributed by atoms with E-state index in [1.807, 2.05) is 0 Å². The van der Waals surface area contributed by atoms with E-state index in [-0.39, 0.29) is 6.42 Å². The highest BCUT2D eigenvalue weighted by molar-refractivity contribution is 5.68. The van der Waals surface area contributed by atoms with E-state index < -0.39 is 5.97 Å². The lowest BCUT2D eigenvalue weighted by atomic mass is 10.3. The highest BCUT2D eigenvalue weighted by atomic mass is 16.4. The zero-order valence-electron chi connectivity index (χ0n) is 4.66. The Balaban J connectivity index is 2.58. The molecule has 47 valence electrons. The van der Waals surface area contributed by atoms with E-state index in [1.165, 1.54) is 6.26 Å². The van der Waals surface area contributed by atoms with Gasteiger partial charge in [0.1, 0.15) is 12.2 Å². The number of furan rings is 1. The molecule has 1 rings (SSSR count). The Hall–Kier alpha value is -1.25. The second-order valence-electron chi connectivity index (χ2n) is 1.63. The van der Waals surface area contributed by atoms with Crippen LogP contribution in [0.4, 0.5) is 0 Å². The van der Waals surface area contributed by atoms with Crippen LogP contribution in [0, 0.1) is 0 Å². The predicted molar refractivity (Wildman–Crippen MR) is 28.1 cm³/mol. The van der Waals surface area contributed by atoms with Crippen LogP contribution in [0.3, 0.4) is 0 Å². The van der Waals surface area contributed by atoms with E-state index >= 15 is 0 Å². The van der Waals surface area contributed by atoms with E-state index in [9.17, 15) is 9.90 Å². The SMILES string of the molecule is [O]C(=O)Cc1ccco1. The quantitative estimate of drug-likeness (QED) is 0.586. The molecule has 0 bridgehead atoms. The maximum Gasteiger partial charge on any atom is 0.363 e. The Morgan fingerprint density at radius 2 is 2.44 bits per heavy atom. The summed E-state index contributed by atoms with van der Waals surface area (Å²) >= 11 is 0. The maximum atomic E-state index is 9.90. The van der Waals surface area contributed by atoms with E-state index in [0.717, 1.165) is 0 Å². The van der Waals surface area contributed by atoms with Crippen LogP contribution in [0.15, 0.2) is 22.8 Å². The molecule has 0 N–H and O–H groups in total. The number of hydrogen-bond donors (Lipinski definition) is 0. The number of hydrogen-bond acceptors (Lipinski definition) is 2. The van der Waals surface area contributed by atoms with Crippen LogP contribution in [-0.2, 0) is 16.3 Å². The third-order valence-electron chi connectivity index (χ3n) is 0.899. The van der Waals surface area contributed by atoms with Crippen molar-refractivity contribution in [3.05, 3.63) is 24.2 Å². The average molecular weight is 125 g/mol. The standard InChI is InChI=1S/C6H5O3/c7-6(8)4-5-2-1-3-9-5/h1-3H,4H2. The fourth-order valence-corrected chi connectivity index (χ4v) is 0.555. The molecule has 1 radical (unpaired) electrons. The molecule has 0 saturated carbocycles. The molecule has 1 aromatic rings. The van der Waals surface area contributed by atoms with Gasteiger partial charge in [-0.15, -0.1) is 0 Å². The molecule has 0 unspecified atom stereocenters. The fraction of sp³-hybridized carbons (Fsp3) is 0.167. The van der Waals surface area contributed by atoms with Crippen molar-refractivity contribution in [3.8, 4) is 0 Å². The predicted octanol–water partition coefficient (Wildman–Crippen LogP) is 0.779. The molecule has 3 nitrogen and oxygen atoms in total. The first-order valence-electron chi connectivity index (χ1n) is 2.51. The molecule has 0 spiro atoms. The Labute approximate surface area is 51.9 Å². The minimum absolute atomic E-state index is 0.146. The van der Waals surface area contributed by atoms with Gasteiger partial charge in [-0.2, -0.15) is 0 Å². The summed E-state index contributed by atoms with van der Waals surface area (Å²) in [7, 11) is 0. The normalized spacial score (nSPS) is 9.33. The van der Waals surface area contributed by atoms with Gasteiger partial charge in [-0.25, -0.2) is 9.90 Å². The molecule has 0 atom stereocenters. The first kappa shape index (κ1) is 5.88. The van der Waals surface area contributed by atoms with Crippen molar-refractivity contribution in [2.45, 2.75) is 6.42 Å². The monoisotopic (exact) mass is 125 g/mol. The lowest BCUT2D eigenvalue weighted by molar-refractivity contribution is -0.142. The molecular weight excluding hydrogens is 120 g/mol. The molecule has 1 heterocycles. The maximum absolute atomic E-state index is 9.90. The Kier molecular flexibility index (Phi) is 1.53. The van der Waals surface area contributed by atoms with Gasteiger partial charge in [0.25, 0.3) is 0 Å². The van der Waals surface area contributed by atoms with Crippen LogP contribution < -0.4 is 0 Å². The summed E-state index contributed by atoms with van der Waals surface area (Å²) in [6, 6.07) is 3.23. The molecule has 0 aliphatic carbocycles. The molecule has 0 aliphatic heterocycles. The number of rotatable bonds is 2. The first-order valence-corrected chi connectivity index (χ1v) is 2.51. The summed E-state index contributed by atoms with van der Waals surface area (Å²) in [6.07, 6.45) is 1.28. The molecule has 0 saturated heterocycles. The number of carbonyl (C=O) groups is 1. The van der Waals surface area contributed by atoms with Gasteiger partial charge in [0.15, 0.2) is 0 Å². The zero-order valence-corrected chi connectivity index (χ0v) is 4.66. The Morgan fingerprint density at radius 1 is 1.67 bits per heavy atom. The van der Waals surface area contributed by atoms with Crippen LogP contribution in [0.25, 0.3) is 0 Å². The van der Waals surface area contributed by atoms with Gasteiger partial charge in [-0.1, -0.05) is 0 Å². The summed E-state index contributed by atoms with van der Waals surface area (Å²) in [6.45, 7) is 0. The molecule has 0 amide bonds. The van der Waals surface area contributed by atoms with Gasteiger partial charge in [0.05, 0.1) is 6.26 Å². The van der Waals surface area contributed by atoms with Crippen LogP contribution in [0.1, 0.15) is 5.76 Å². The summed E-state index contributed by atoms with van der Waals surface area (Å²) < 4.78 is 4.72. The van der Waals surface area contributed by atoms with Crippen LogP contribution in [-0.4, -0.2) is 5.97 Å². The first-order chi connectivity index (χ1) is 4.29. The zero-order chi connectivity index (χ0) is 6.69. The second kappa shape index (κ2) is 2.35. The molecule has 1 aromatic heterocycles. The van der Waals surface area contributed by atoms with E-state index in [0.29, 0.717) is 5.76 Å². The van der Waals surface area contributed by atoms with E-state index in [2.05, 4.69) is 0 Å². The highest BCUT2D eigenvalue weighted by Gasteiger charge is 2.02. The smallest absolute Gasteiger partial charge is 0.363 e. The Morgan fingerprint density at radius 3 is 2.89 bits per heavy atom. The largest absolute Gasteiger partial charge is 0.469 e. The van der Waals surface area contributed by atoms with Crippen molar-refractivity contribution in [1.29, 1.82) is 0 Å². The van der Waals surface area contributed by atoms with Gasteiger partial charge >= 0.3 is 5.97 Å². The molecule has 0 fully saturated rings. The van der Waals surface area contributed by atoms with Gasteiger partial charge < -0.3 is 4.42 Å². The van der Waals surface area contributed by atoms with Crippen LogP contribution >= 0.6 is 0 Å². The highest BCUT2D eigenvalue weighted by Crippen LogP contribution is 1.99. The van der Waals surface area contributed by atoms with Gasteiger partial charge in [0.2, 0.25) is 0 Å². The summed E-state index contributed by atoms with van der Waals surface area (Å²) in [5.41, 5.74) is 0. The summed E-state index contributed by atoms with van der Waals surface area (Å²) in [4.78, 5) is 9.90. The van der Waals surface area contributed by atoms with Crippen molar-refractivity contribution in [2.75, 3.05) is 0 Å². The van der Waals surface area contributed by atoms with E-state index in [1.54, 1.807) is 12.1 Å². The van der Waals surface area contributed by atoms with Crippen LogP contribution in [0.2, 0.25) is 0 Å². The molecule has 0 aliphatic rings. The minimum Gasteiger partial charge on any atom is -0.469 e. The third-order valence-corrected chi connectivity index (χ3v) is 0.899. The second-order valence-corrected chi connectivity index (χ2v) is 1.63. The lowest BCUT2D eigenvalue weighted by Crippen LogP contribution is -1.95. The summed E-state index contributed by atoms with van der Waals surface area (Å²) in [5, 5.41) is 9.90. The topological polar surface area (TPSA) is 50.1 Å². The third kappa shape index (κ3) is 1.60. The minimum atomic E-state index is -1.12. The lowest BCUT2D eigenvalue weighted by Gasteiger charge is -1.82.